The molecule has 4 aromatic rings. The molecule has 1 aliphatic heterocycles. The summed E-state index contributed by atoms with van der Waals surface area (Å²) in [6, 6.07) is 23.6. The van der Waals surface area contributed by atoms with E-state index in [0.717, 1.165) is 6.42 Å². The highest BCUT2D eigenvalue weighted by Gasteiger charge is 2.48. The Balaban J connectivity index is 1.60. The summed E-state index contributed by atoms with van der Waals surface area (Å²) in [6.07, 6.45) is 0.861. The van der Waals surface area contributed by atoms with Gasteiger partial charge in [0.1, 0.15) is 28.8 Å². The van der Waals surface area contributed by atoms with Gasteiger partial charge in [0.25, 0.3) is 5.78 Å². The number of carbonyl (C=O) groups is 2. The van der Waals surface area contributed by atoms with Gasteiger partial charge in [-0.25, -0.2) is 0 Å². The molecule has 1 N–H and O–H groups in total. The number of nitrogens with zero attached hydrogens (tertiary/aromatic N) is 2. The van der Waals surface area contributed by atoms with Crippen LogP contribution in [0.4, 0.5) is 5.82 Å². The third-order valence-electron chi connectivity index (χ3n) is 6.06. The summed E-state index contributed by atoms with van der Waals surface area (Å²) in [5.74, 6) is 0.493. The van der Waals surface area contributed by atoms with E-state index in [0.29, 0.717) is 40.7 Å². The maximum absolute atomic E-state index is 13.4. The molecule has 1 aromatic heterocycles. The zero-order valence-electron chi connectivity index (χ0n) is 21.0. The molecule has 3 aromatic carbocycles. The van der Waals surface area contributed by atoms with Gasteiger partial charge in [-0.1, -0.05) is 42.4 Å². The molecule has 0 saturated carbocycles. The molecule has 0 bridgehead atoms. The van der Waals surface area contributed by atoms with Crippen LogP contribution in [0.15, 0.2) is 95.0 Å². The van der Waals surface area contributed by atoms with E-state index in [1.54, 1.807) is 61.5 Å². The van der Waals surface area contributed by atoms with Crippen molar-refractivity contribution < 1.29 is 28.7 Å². The number of para-hydroxylation sites is 1. The lowest BCUT2D eigenvalue weighted by atomic mass is 9.95. The average Bonchev–Trinajstić information content (AvgIpc) is 3.48. The minimum absolute atomic E-state index is 0.0604. The fourth-order valence-electron chi connectivity index (χ4n) is 4.31. The van der Waals surface area contributed by atoms with E-state index in [2.05, 4.69) is 5.16 Å². The lowest BCUT2D eigenvalue weighted by Gasteiger charge is -2.23. The molecule has 2 heterocycles. The number of hydrogen-bond donors (Lipinski definition) is 1. The van der Waals surface area contributed by atoms with Crippen molar-refractivity contribution in [2.24, 2.45) is 0 Å². The lowest BCUT2D eigenvalue weighted by Crippen LogP contribution is -2.29. The molecule has 1 aliphatic rings. The number of ketones is 1. The SMILES string of the molecule is CCCOc1ccc(C(O)=C2C(=O)C(=O)N(c3cc(C)on3)[C@@H]2c2cccc(Oc3ccccc3)c2)cc1. The Morgan fingerprint density at radius 1 is 0.947 bits per heavy atom. The van der Waals surface area contributed by atoms with E-state index in [9.17, 15) is 14.7 Å². The second-order valence-electron chi connectivity index (χ2n) is 8.83. The summed E-state index contributed by atoms with van der Waals surface area (Å²) < 4.78 is 16.8. The molecule has 0 aliphatic carbocycles. The number of aromatic nitrogens is 1. The number of aliphatic hydroxyl groups is 1. The summed E-state index contributed by atoms with van der Waals surface area (Å²) in [4.78, 5) is 27.9. The molecule has 0 radical (unpaired) electrons. The molecule has 1 fully saturated rings. The molecule has 38 heavy (non-hydrogen) atoms. The van der Waals surface area contributed by atoms with Crippen LogP contribution in [0.5, 0.6) is 17.2 Å². The van der Waals surface area contributed by atoms with E-state index in [4.69, 9.17) is 14.0 Å². The van der Waals surface area contributed by atoms with Gasteiger partial charge >= 0.3 is 5.91 Å². The summed E-state index contributed by atoms with van der Waals surface area (Å²) in [6.45, 7) is 4.27. The Labute approximate surface area is 219 Å². The lowest BCUT2D eigenvalue weighted by molar-refractivity contribution is -0.132. The Bertz CT molecular complexity index is 1490. The highest BCUT2D eigenvalue weighted by Crippen LogP contribution is 2.43. The molecule has 0 spiro atoms. The highest BCUT2D eigenvalue weighted by molar-refractivity contribution is 6.51. The first-order chi connectivity index (χ1) is 18.5. The van der Waals surface area contributed by atoms with Gasteiger partial charge in [-0.2, -0.15) is 0 Å². The normalized spacial score (nSPS) is 16.6. The second kappa shape index (κ2) is 10.6. The number of hydrogen-bond acceptors (Lipinski definition) is 7. The number of aryl methyl sites for hydroxylation is 1. The monoisotopic (exact) mass is 510 g/mol. The Morgan fingerprint density at radius 2 is 1.68 bits per heavy atom. The zero-order valence-corrected chi connectivity index (χ0v) is 21.0. The third kappa shape index (κ3) is 4.88. The maximum Gasteiger partial charge on any atom is 0.301 e. The van der Waals surface area contributed by atoms with Crippen LogP contribution in [0.3, 0.4) is 0 Å². The first kappa shape index (κ1) is 24.8. The molecule has 1 amide bonds. The van der Waals surface area contributed by atoms with E-state index in [1.165, 1.54) is 4.90 Å². The van der Waals surface area contributed by atoms with Crippen LogP contribution in [0, 0.1) is 6.92 Å². The van der Waals surface area contributed by atoms with E-state index < -0.39 is 17.7 Å². The van der Waals surface area contributed by atoms with Gasteiger partial charge in [-0.15, -0.1) is 0 Å². The smallest absolute Gasteiger partial charge is 0.301 e. The molecular formula is C30H26N2O6. The number of amides is 1. The number of benzene rings is 3. The molecule has 8 heteroatoms. The quantitative estimate of drug-likeness (QED) is 0.171. The van der Waals surface area contributed by atoms with E-state index in [-0.39, 0.29) is 17.2 Å². The van der Waals surface area contributed by atoms with Crippen molar-refractivity contribution >= 4 is 23.3 Å². The van der Waals surface area contributed by atoms with Crippen molar-refractivity contribution in [1.82, 2.24) is 5.16 Å². The summed E-state index contributed by atoms with van der Waals surface area (Å²) in [7, 11) is 0. The van der Waals surface area contributed by atoms with Crippen molar-refractivity contribution in [3.05, 3.63) is 107 Å². The van der Waals surface area contributed by atoms with Crippen LogP contribution in [0.2, 0.25) is 0 Å². The van der Waals surface area contributed by atoms with Gasteiger partial charge in [0, 0.05) is 11.6 Å². The van der Waals surface area contributed by atoms with E-state index >= 15 is 0 Å². The molecular weight excluding hydrogens is 484 g/mol. The minimum atomic E-state index is -0.963. The number of aliphatic hydroxyl groups excluding tert-OH is 1. The third-order valence-corrected chi connectivity index (χ3v) is 6.06. The first-order valence-electron chi connectivity index (χ1n) is 12.3. The van der Waals surface area contributed by atoms with Crippen molar-refractivity contribution in [2.75, 3.05) is 11.5 Å². The topological polar surface area (TPSA) is 102 Å². The molecule has 1 atom stereocenters. The average molecular weight is 511 g/mol. The van der Waals surface area contributed by atoms with Gasteiger partial charge < -0.3 is 19.1 Å². The van der Waals surface area contributed by atoms with Crippen LogP contribution in [-0.2, 0) is 9.59 Å². The van der Waals surface area contributed by atoms with Crippen molar-refractivity contribution in [2.45, 2.75) is 26.3 Å². The summed E-state index contributed by atoms with van der Waals surface area (Å²) >= 11 is 0. The van der Waals surface area contributed by atoms with Crippen LogP contribution < -0.4 is 14.4 Å². The highest BCUT2D eigenvalue weighted by atomic mass is 16.5. The Morgan fingerprint density at radius 3 is 2.37 bits per heavy atom. The maximum atomic E-state index is 13.4. The second-order valence-corrected chi connectivity index (χ2v) is 8.83. The summed E-state index contributed by atoms with van der Waals surface area (Å²) in [5, 5.41) is 15.3. The van der Waals surface area contributed by atoms with Gasteiger partial charge in [0.05, 0.1) is 18.2 Å². The zero-order chi connectivity index (χ0) is 26.6. The van der Waals surface area contributed by atoms with Gasteiger partial charge in [0.15, 0.2) is 5.82 Å². The van der Waals surface area contributed by atoms with Gasteiger partial charge in [-0.3, -0.25) is 14.5 Å². The van der Waals surface area contributed by atoms with Crippen molar-refractivity contribution in [3.8, 4) is 17.2 Å². The molecule has 192 valence electrons. The van der Waals surface area contributed by atoms with Gasteiger partial charge in [-0.05, 0) is 67.4 Å². The standard InChI is InChI=1S/C30H26N2O6/c1-3-16-36-22-14-12-20(13-15-22)28(33)26-27(32(30(35)29(26)34)25-17-19(2)38-31-25)21-8-7-11-24(18-21)37-23-9-5-4-6-10-23/h4-15,17-18,27,33H,3,16H2,1-2H3/t27-/m1/s1. The fourth-order valence-corrected chi connectivity index (χ4v) is 4.31. The van der Waals surface area contributed by atoms with Crippen LogP contribution in [0.25, 0.3) is 5.76 Å². The van der Waals surface area contributed by atoms with Crippen LogP contribution in [-0.4, -0.2) is 28.6 Å². The number of ether oxygens (including phenoxy) is 2. The largest absolute Gasteiger partial charge is 0.507 e. The number of anilines is 1. The predicted octanol–water partition coefficient (Wildman–Crippen LogP) is 6.19. The minimum Gasteiger partial charge on any atom is -0.507 e. The summed E-state index contributed by atoms with van der Waals surface area (Å²) in [5.41, 5.74) is 0.877. The molecule has 0 unspecified atom stereocenters. The van der Waals surface area contributed by atoms with Crippen molar-refractivity contribution in [1.29, 1.82) is 0 Å². The number of rotatable bonds is 8. The van der Waals surface area contributed by atoms with Gasteiger partial charge in [0.2, 0.25) is 0 Å². The Hall–Kier alpha value is -4.85. The van der Waals surface area contributed by atoms with Crippen LogP contribution in [0.1, 0.15) is 36.3 Å². The fraction of sp³-hybridized carbons (Fsp3) is 0.167. The number of Topliss-reactive ketones (excluding diaryl/α,β-unsaturated/α-hetero) is 1. The number of carbonyl (C=O) groups excluding carboxylic acids is 2. The predicted molar refractivity (Wildman–Crippen MR) is 141 cm³/mol. The molecule has 5 rings (SSSR count). The molecule has 1 saturated heterocycles. The first-order valence-corrected chi connectivity index (χ1v) is 12.3. The van der Waals surface area contributed by atoms with E-state index in [1.807, 2.05) is 37.3 Å². The van der Waals surface area contributed by atoms with Crippen molar-refractivity contribution in [3.63, 3.8) is 0 Å². The molecule has 8 nitrogen and oxygen atoms in total. The Kier molecular flexibility index (Phi) is 6.95. The van der Waals surface area contributed by atoms with Crippen LogP contribution >= 0.6 is 0 Å².